The largest absolute Gasteiger partial charge is 0.497 e. The zero-order chi connectivity index (χ0) is 17.1. The molecule has 1 atom stereocenters. The molecule has 0 bridgehead atoms. The van der Waals surface area contributed by atoms with Crippen LogP contribution in [-0.4, -0.2) is 37.6 Å². The van der Waals surface area contributed by atoms with Crippen LogP contribution in [0.15, 0.2) is 46.9 Å². The van der Waals surface area contributed by atoms with Gasteiger partial charge in [-0.15, -0.1) is 0 Å². The van der Waals surface area contributed by atoms with Gasteiger partial charge in [-0.05, 0) is 51.8 Å². The van der Waals surface area contributed by atoms with Gasteiger partial charge in [0.15, 0.2) is 0 Å². The van der Waals surface area contributed by atoms with Gasteiger partial charge in [0.1, 0.15) is 17.7 Å². The Bertz CT molecular complexity index is 736. The lowest BCUT2D eigenvalue weighted by atomic mass is 10.1. The number of nitrogens with zero attached hydrogens (tertiary/aromatic N) is 1. The molecule has 24 heavy (non-hydrogen) atoms. The first-order valence-electron chi connectivity index (χ1n) is 7.58. The average molecular weight is 394 g/mol. The van der Waals surface area contributed by atoms with Crippen LogP contribution in [0.3, 0.4) is 0 Å². The van der Waals surface area contributed by atoms with Gasteiger partial charge in [0.2, 0.25) is 0 Å². The third kappa shape index (κ3) is 3.60. The van der Waals surface area contributed by atoms with E-state index in [1.807, 2.05) is 0 Å². The van der Waals surface area contributed by atoms with E-state index < -0.39 is 0 Å². The standard InChI is InChI=1S/C18H17BrFNO3/c1-23-14-6-7-16(19)15(10-14)18(22)21-8-9-24-17(11-21)12-2-4-13(20)5-3-12/h2-7,10,17H,8-9,11H2,1H3. The molecule has 1 aliphatic rings. The number of morpholine rings is 1. The highest BCUT2D eigenvalue weighted by atomic mass is 79.9. The molecule has 1 fully saturated rings. The van der Waals surface area contributed by atoms with E-state index in [0.717, 1.165) is 10.0 Å². The number of benzene rings is 2. The van der Waals surface area contributed by atoms with Crippen molar-refractivity contribution in [2.45, 2.75) is 6.10 Å². The molecule has 6 heteroatoms. The summed E-state index contributed by atoms with van der Waals surface area (Å²) in [4.78, 5) is 14.6. The number of carbonyl (C=O) groups excluding carboxylic acids is 1. The summed E-state index contributed by atoms with van der Waals surface area (Å²) in [5, 5.41) is 0. The number of carbonyl (C=O) groups is 1. The Hall–Kier alpha value is -1.92. The highest BCUT2D eigenvalue weighted by Gasteiger charge is 2.27. The van der Waals surface area contributed by atoms with E-state index in [2.05, 4.69) is 15.9 Å². The minimum absolute atomic E-state index is 0.0869. The van der Waals surface area contributed by atoms with Crippen LogP contribution in [0.5, 0.6) is 5.75 Å². The highest BCUT2D eigenvalue weighted by molar-refractivity contribution is 9.10. The number of amides is 1. The monoisotopic (exact) mass is 393 g/mol. The Morgan fingerprint density at radius 1 is 1.29 bits per heavy atom. The van der Waals surface area contributed by atoms with Gasteiger partial charge in [-0.2, -0.15) is 0 Å². The average Bonchev–Trinajstić information content (AvgIpc) is 2.62. The second kappa shape index (κ2) is 7.32. The summed E-state index contributed by atoms with van der Waals surface area (Å²) < 4.78 is 24.7. The summed E-state index contributed by atoms with van der Waals surface area (Å²) in [6.45, 7) is 1.38. The summed E-state index contributed by atoms with van der Waals surface area (Å²) in [5.41, 5.74) is 1.41. The lowest BCUT2D eigenvalue weighted by molar-refractivity contribution is -0.0228. The van der Waals surface area contributed by atoms with Crippen LogP contribution < -0.4 is 4.74 Å². The van der Waals surface area contributed by atoms with Crippen LogP contribution in [0.1, 0.15) is 22.0 Å². The van der Waals surface area contributed by atoms with E-state index in [1.54, 1.807) is 42.3 Å². The van der Waals surface area contributed by atoms with Crippen LogP contribution in [0, 0.1) is 5.82 Å². The molecule has 2 aromatic carbocycles. The van der Waals surface area contributed by atoms with E-state index in [4.69, 9.17) is 9.47 Å². The van der Waals surface area contributed by atoms with Crippen molar-refractivity contribution < 1.29 is 18.7 Å². The number of hydrogen-bond donors (Lipinski definition) is 0. The Labute approximate surface area is 148 Å². The van der Waals surface area contributed by atoms with Crippen molar-refractivity contribution in [1.29, 1.82) is 0 Å². The Balaban J connectivity index is 1.79. The normalized spacial score (nSPS) is 17.6. The van der Waals surface area contributed by atoms with Crippen molar-refractivity contribution in [2.75, 3.05) is 26.8 Å². The maximum Gasteiger partial charge on any atom is 0.255 e. The van der Waals surface area contributed by atoms with Gasteiger partial charge in [-0.3, -0.25) is 4.79 Å². The molecule has 0 aromatic heterocycles. The molecule has 0 aliphatic carbocycles. The maximum absolute atomic E-state index is 13.1. The number of methoxy groups -OCH3 is 1. The van der Waals surface area contributed by atoms with Crippen LogP contribution in [-0.2, 0) is 4.74 Å². The minimum atomic E-state index is -0.289. The second-order valence-electron chi connectivity index (χ2n) is 5.51. The number of rotatable bonds is 3. The van der Waals surface area contributed by atoms with Crippen LogP contribution in [0.2, 0.25) is 0 Å². The summed E-state index contributed by atoms with van der Waals surface area (Å²) in [6.07, 6.45) is -0.257. The van der Waals surface area contributed by atoms with Crippen molar-refractivity contribution in [3.8, 4) is 5.75 Å². The molecule has 0 spiro atoms. The molecule has 4 nitrogen and oxygen atoms in total. The van der Waals surface area contributed by atoms with Gasteiger partial charge in [0.25, 0.3) is 5.91 Å². The molecule has 0 radical (unpaired) electrons. The molecule has 1 unspecified atom stereocenters. The van der Waals surface area contributed by atoms with Crippen molar-refractivity contribution in [1.82, 2.24) is 4.90 Å². The molecular formula is C18H17BrFNO3. The maximum atomic E-state index is 13.1. The number of halogens is 2. The quantitative estimate of drug-likeness (QED) is 0.795. The molecule has 1 aliphatic heterocycles. The lowest BCUT2D eigenvalue weighted by Crippen LogP contribution is -2.42. The van der Waals surface area contributed by atoms with Gasteiger partial charge >= 0.3 is 0 Å². The number of hydrogen-bond acceptors (Lipinski definition) is 3. The van der Waals surface area contributed by atoms with Gasteiger partial charge in [-0.1, -0.05) is 12.1 Å². The molecule has 0 saturated carbocycles. The zero-order valence-electron chi connectivity index (χ0n) is 13.2. The van der Waals surface area contributed by atoms with Crippen LogP contribution in [0.4, 0.5) is 4.39 Å². The van der Waals surface area contributed by atoms with Gasteiger partial charge in [0, 0.05) is 11.0 Å². The molecule has 0 N–H and O–H groups in total. The van der Waals surface area contributed by atoms with E-state index in [9.17, 15) is 9.18 Å². The molecule has 2 aromatic rings. The van der Waals surface area contributed by atoms with Crippen molar-refractivity contribution in [2.24, 2.45) is 0 Å². The van der Waals surface area contributed by atoms with Crippen molar-refractivity contribution in [3.63, 3.8) is 0 Å². The predicted octanol–water partition coefficient (Wildman–Crippen LogP) is 3.81. The van der Waals surface area contributed by atoms with E-state index in [-0.39, 0.29) is 17.8 Å². The van der Waals surface area contributed by atoms with Crippen molar-refractivity contribution in [3.05, 3.63) is 63.9 Å². The van der Waals surface area contributed by atoms with E-state index in [0.29, 0.717) is 31.0 Å². The topological polar surface area (TPSA) is 38.8 Å². The molecule has 1 amide bonds. The van der Waals surface area contributed by atoms with Gasteiger partial charge in [-0.25, -0.2) is 4.39 Å². The molecule has 1 heterocycles. The number of ether oxygens (including phenoxy) is 2. The molecule has 126 valence electrons. The predicted molar refractivity (Wildman–Crippen MR) is 91.7 cm³/mol. The smallest absolute Gasteiger partial charge is 0.255 e. The van der Waals surface area contributed by atoms with E-state index in [1.165, 1.54) is 12.1 Å². The summed E-state index contributed by atoms with van der Waals surface area (Å²) in [6, 6.07) is 11.5. The Morgan fingerprint density at radius 3 is 2.75 bits per heavy atom. The van der Waals surface area contributed by atoms with Gasteiger partial charge in [0.05, 0.1) is 25.8 Å². The third-order valence-corrected chi connectivity index (χ3v) is 4.69. The van der Waals surface area contributed by atoms with Gasteiger partial charge < -0.3 is 14.4 Å². The third-order valence-electron chi connectivity index (χ3n) is 4.00. The fourth-order valence-electron chi connectivity index (χ4n) is 2.68. The lowest BCUT2D eigenvalue weighted by Gasteiger charge is -2.33. The first-order valence-corrected chi connectivity index (χ1v) is 8.37. The summed E-state index contributed by atoms with van der Waals surface area (Å²) in [5.74, 6) is 0.254. The minimum Gasteiger partial charge on any atom is -0.497 e. The fourth-order valence-corrected chi connectivity index (χ4v) is 3.09. The fraction of sp³-hybridized carbons (Fsp3) is 0.278. The van der Waals surface area contributed by atoms with E-state index >= 15 is 0 Å². The molecular weight excluding hydrogens is 377 g/mol. The summed E-state index contributed by atoms with van der Waals surface area (Å²) in [7, 11) is 1.57. The van der Waals surface area contributed by atoms with Crippen LogP contribution in [0.25, 0.3) is 0 Å². The van der Waals surface area contributed by atoms with Crippen molar-refractivity contribution >= 4 is 21.8 Å². The second-order valence-corrected chi connectivity index (χ2v) is 6.36. The Kier molecular flexibility index (Phi) is 5.16. The van der Waals surface area contributed by atoms with Crippen LogP contribution >= 0.6 is 15.9 Å². The molecule has 3 rings (SSSR count). The Morgan fingerprint density at radius 2 is 2.04 bits per heavy atom. The highest BCUT2D eigenvalue weighted by Crippen LogP contribution is 2.27. The first-order chi connectivity index (χ1) is 11.6. The SMILES string of the molecule is COc1ccc(Br)c(C(=O)N2CCOC(c3ccc(F)cc3)C2)c1. The molecule has 1 saturated heterocycles. The summed E-state index contributed by atoms with van der Waals surface area (Å²) >= 11 is 3.42. The zero-order valence-corrected chi connectivity index (χ0v) is 14.8. The first kappa shape index (κ1) is 16.9.